The summed E-state index contributed by atoms with van der Waals surface area (Å²) in [4.78, 5) is 7.64. The first-order valence-corrected chi connectivity index (χ1v) is 7.39. The van der Waals surface area contributed by atoms with E-state index in [1.807, 2.05) is 0 Å². The van der Waals surface area contributed by atoms with Crippen molar-refractivity contribution in [3.63, 3.8) is 0 Å². The van der Waals surface area contributed by atoms with Gasteiger partial charge in [0.15, 0.2) is 0 Å². The van der Waals surface area contributed by atoms with Crippen molar-refractivity contribution in [1.29, 1.82) is 0 Å². The summed E-state index contributed by atoms with van der Waals surface area (Å²) in [6, 6.07) is 0. The fraction of sp³-hybridized carbons (Fsp3) is 1.00. The third-order valence-corrected chi connectivity index (χ3v) is 4.02. The molecule has 0 spiro atoms. The van der Waals surface area contributed by atoms with E-state index in [0.29, 0.717) is 0 Å². The Bertz CT molecular complexity index is 189. The zero-order chi connectivity index (χ0) is 12.6. The van der Waals surface area contributed by atoms with Gasteiger partial charge in [-0.2, -0.15) is 0 Å². The van der Waals surface area contributed by atoms with Gasteiger partial charge < -0.3 is 15.5 Å². The zero-order valence-electron chi connectivity index (χ0n) is 11.8. The predicted molar refractivity (Wildman–Crippen MR) is 76.1 cm³/mol. The van der Waals surface area contributed by atoms with Crippen molar-refractivity contribution in [1.82, 2.24) is 25.3 Å². The van der Waals surface area contributed by atoms with Gasteiger partial charge in [-0.05, 0) is 7.05 Å². The molecule has 0 unspecified atom stereocenters. The molecular weight excluding hydrogens is 226 g/mol. The maximum Gasteiger partial charge on any atom is 0.0110 e. The van der Waals surface area contributed by atoms with Gasteiger partial charge in [-0.15, -0.1) is 0 Å². The van der Waals surface area contributed by atoms with Crippen molar-refractivity contribution in [2.75, 3.05) is 85.6 Å². The van der Waals surface area contributed by atoms with E-state index in [1.165, 1.54) is 52.4 Å². The third kappa shape index (κ3) is 5.20. The third-order valence-electron chi connectivity index (χ3n) is 4.02. The minimum absolute atomic E-state index is 1.12. The van der Waals surface area contributed by atoms with Gasteiger partial charge in [-0.3, -0.25) is 9.80 Å². The topological polar surface area (TPSA) is 33.8 Å². The number of fused-ring (bicyclic) bond motifs is 12. The molecule has 3 aliphatic heterocycles. The fourth-order valence-electron chi connectivity index (χ4n) is 2.61. The largest absolute Gasteiger partial charge is 0.314 e. The monoisotopic (exact) mass is 255 g/mol. The van der Waals surface area contributed by atoms with Crippen LogP contribution in [0.5, 0.6) is 0 Å². The van der Waals surface area contributed by atoms with Crippen LogP contribution in [0.15, 0.2) is 0 Å². The smallest absolute Gasteiger partial charge is 0.0110 e. The van der Waals surface area contributed by atoms with Crippen LogP contribution in [0.2, 0.25) is 0 Å². The lowest BCUT2D eigenvalue weighted by atomic mass is 10.3. The van der Waals surface area contributed by atoms with Crippen LogP contribution in [-0.2, 0) is 0 Å². The van der Waals surface area contributed by atoms with E-state index in [1.54, 1.807) is 0 Å². The molecule has 0 aromatic carbocycles. The second-order valence-corrected chi connectivity index (χ2v) is 5.49. The molecule has 3 aliphatic rings. The van der Waals surface area contributed by atoms with E-state index in [4.69, 9.17) is 0 Å². The molecule has 0 atom stereocenters. The average Bonchev–Trinajstić information content (AvgIpc) is 2.34. The second-order valence-electron chi connectivity index (χ2n) is 5.49. The standard InChI is InChI=1S/C13H29N5/c1-16-10-12-17-6-2-14-3-7-18(13-11-16)9-5-15-4-8-17/h14-15H,2-13H2,1H3. The van der Waals surface area contributed by atoms with E-state index in [9.17, 15) is 0 Å². The second kappa shape index (κ2) is 8.07. The van der Waals surface area contributed by atoms with E-state index in [-0.39, 0.29) is 0 Å². The van der Waals surface area contributed by atoms with Gasteiger partial charge in [0.25, 0.3) is 0 Å². The van der Waals surface area contributed by atoms with Crippen LogP contribution in [0.25, 0.3) is 0 Å². The predicted octanol–water partition coefficient (Wildman–Crippen LogP) is -1.27. The molecule has 0 amide bonds. The van der Waals surface area contributed by atoms with E-state index < -0.39 is 0 Å². The van der Waals surface area contributed by atoms with Crippen molar-refractivity contribution in [3.05, 3.63) is 0 Å². The minimum atomic E-state index is 1.12. The molecule has 0 aromatic rings. The summed E-state index contributed by atoms with van der Waals surface area (Å²) < 4.78 is 0. The van der Waals surface area contributed by atoms with Crippen LogP contribution < -0.4 is 10.6 Å². The Kier molecular flexibility index (Phi) is 6.37. The molecule has 0 saturated carbocycles. The van der Waals surface area contributed by atoms with Crippen molar-refractivity contribution in [3.8, 4) is 0 Å². The highest BCUT2D eigenvalue weighted by atomic mass is 15.2. The van der Waals surface area contributed by atoms with Crippen LogP contribution in [0.3, 0.4) is 0 Å². The van der Waals surface area contributed by atoms with E-state index >= 15 is 0 Å². The Labute approximate surface area is 111 Å². The lowest BCUT2D eigenvalue weighted by Gasteiger charge is -2.31. The van der Waals surface area contributed by atoms with E-state index in [2.05, 4.69) is 32.4 Å². The van der Waals surface area contributed by atoms with Gasteiger partial charge >= 0.3 is 0 Å². The number of likely N-dealkylation sites (N-methyl/N-ethyl adjacent to an activating group) is 1. The van der Waals surface area contributed by atoms with Crippen LogP contribution in [0.1, 0.15) is 0 Å². The Morgan fingerprint density at radius 3 is 1.33 bits per heavy atom. The van der Waals surface area contributed by atoms with Gasteiger partial charge in [0, 0.05) is 78.5 Å². The number of hydrogen-bond donors (Lipinski definition) is 2. The maximum absolute atomic E-state index is 3.57. The quantitative estimate of drug-likeness (QED) is 0.564. The van der Waals surface area contributed by atoms with Gasteiger partial charge in [-0.1, -0.05) is 0 Å². The summed E-state index contributed by atoms with van der Waals surface area (Å²) in [6.45, 7) is 14.0. The Morgan fingerprint density at radius 1 is 0.556 bits per heavy atom. The van der Waals surface area contributed by atoms with E-state index in [0.717, 1.165) is 26.2 Å². The molecule has 18 heavy (non-hydrogen) atoms. The Morgan fingerprint density at radius 2 is 0.944 bits per heavy atom. The summed E-state index contributed by atoms with van der Waals surface area (Å²) >= 11 is 0. The Hall–Kier alpha value is -0.200. The summed E-state index contributed by atoms with van der Waals surface area (Å²) in [7, 11) is 2.25. The molecule has 0 aliphatic carbocycles. The highest BCUT2D eigenvalue weighted by Gasteiger charge is 2.12. The summed E-state index contributed by atoms with van der Waals surface area (Å²) in [5, 5.41) is 7.15. The molecule has 3 saturated heterocycles. The fourth-order valence-corrected chi connectivity index (χ4v) is 2.61. The molecule has 106 valence electrons. The normalized spacial score (nSPS) is 33.8. The SMILES string of the molecule is CN1CCN2CCNCCN(CCNCC2)CC1. The molecule has 2 bridgehead atoms. The number of hydrogen-bond acceptors (Lipinski definition) is 5. The minimum Gasteiger partial charge on any atom is -0.314 e. The zero-order valence-corrected chi connectivity index (χ0v) is 11.8. The number of nitrogens with zero attached hydrogens (tertiary/aromatic N) is 3. The highest BCUT2D eigenvalue weighted by Crippen LogP contribution is 1.95. The lowest BCUT2D eigenvalue weighted by molar-refractivity contribution is 0.178. The molecule has 5 heteroatoms. The molecule has 0 aromatic heterocycles. The van der Waals surface area contributed by atoms with Crippen molar-refractivity contribution >= 4 is 0 Å². The lowest BCUT2D eigenvalue weighted by Crippen LogP contribution is -2.48. The Balaban J connectivity index is 1.96. The number of nitrogens with one attached hydrogen (secondary N) is 2. The summed E-state index contributed by atoms with van der Waals surface area (Å²) in [6.07, 6.45) is 0. The number of rotatable bonds is 0. The van der Waals surface area contributed by atoms with Crippen LogP contribution >= 0.6 is 0 Å². The van der Waals surface area contributed by atoms with Gasteiger partial charge in [0.2, 0.25) is 0 Å². The van der Waals surface area contributed by atoms with Crippen molar-refractivity contribution in [2.45, 2.75) is 0 Å². The first kappa shape index (κ1) is 14.2. The first-order valence-electron chi connectivity index (χ1n) is 7.39. The maximum atomic E-state index is 3.57. The molecule has 3 heterocycles. The first-order chi connectivity index (χ1) is 8.84. The van der Waals surface area contributed by atoms with Crippen LogP contribution in [0.4, 0.5) is 0 Å². The molecule has 3 rings (SSSR count). The van der Waals surface area contributed by atoms with Gasteiger partial charge in [0.1, 0.15) is 0 Å². The molecule has 5 nitrogen and oxygen atoms in total. The molecule has 2 N–H and O–H groups in total. The van der Waals surface area contributed by atoms with Crippen LogP contribution in [-0.4, -0.2) is 100 Å². The summed E-state index contributed by atoms with van der Waals surface area (Å²) in [5.41, 5.74) is 0. The highest BCUT2D eigenvalue weighted by molar-refractivity contribution is 4.71. The summed E-state index contributed by atoms with van der Waals surface area (Å²) in [5.74, 6) is 0. The van der Waals surface area contributed by atoms with Crippen molar-refractivity contribution < 1.29 is 0 Å². The average molecular weight is 255 g/mol. The van der Waals surface area contributed by atoms with Crippen LogP contribution in [0, 0.1) is 0 Å². The molecular formula is C13H29N5. The molecule has 0 radical (unpaired) electrons. The van der Waals surface area contributed by atoms with Gasteiger partial charge in [-0.25, -0.2) is 0 Å². The van der Waals surface area contributed by atoms with Crippen molar-refractivity contribution in [2.24, 2.45) is 0 Å². The van der Waals surface area contributed by atoms with Gasteiger partial charge in [0.05, 0.1) is 0 Å². The molecule has 3 fully saturated rings.